The molecule has 3 rings (SSSR count). The zero-order chi connectivity index (χ0) is 17.4. The first-order valence-corrected chi connectivity index (χ1v) is 8.89. The number of hydrogen-bond acceptors (Lipinski definition) is 3. The van der Waals surface area contributed by atoms with Crippen molar-refractivity contribution in [2.75, 3.05) is 26.2 Å². The highest BCUT2D eigenvalue weighted by Gasteiger charge is 2.45. The highest BCUT2D eigenvalue weighted by atomic mass is 32.2. The van der Waals surface area contributed by atoms with Gasteiger partial charge in [0.25, 0.3) is 0 Å². The molecular weight excluding hydrogens is 337 g/mol. The zero-order valence-electron chi connectivity index (χ0n) is 13.6. The quantitative estimate of drug-likeness (QED) is 0.769. The van der Waals surface area contributed by atoms with Crippen molar-refractivity contribution in [1.82, 2.24) is 9.80 Å². The number of benzene rings is 1. The normalized spacial score (nSPS) is 20.9. The summed E-state index contributed by atoms with van der Waals surface area (Å²) in [5, 5.41) is 0. The van der Waals surface area contributed by atoms with Crippen LogP contribution in [0.15, 0.2) is 29.2 Å². The lowest BCUT2D eigenvalue weighted by Gasteiger charge is -2.53. The predicted octanol–water partition coefficient (Wildman–Crippen LogP) is 3.74. The summed E-state index contributed by atoms with van der Waals surface area (Å²) in [6, 6.07) is 6.63. The Morgan fingerprint density at radius 2 is 1.75 bits per heavy atom. The molecule has 0 N–H and O–H groups in total. The Labute approximate surface area is 144 Å². The summed E-state index contributed by atoms with van der Waals surface area (Å²) in [7, 11) is 0. The van der Waals surface area contributed by atoms with Crippen LogP contribution in [0.4, 0.5) is 13.2 Å². The summed E-state index contributed by atoms with van der Waals surface area (Å²) in [6.07, 6.45) is 2.16. The van der Waals surface area contributed by atoms with Crippen molar-refractivity contribution < 1.29 is 18.0 Å². The molecular formula is C17H21F3N2OS. The highest BCUT2D eigenvalue weighted by molar-refractivity contribution is 8.00. The molecule has 0 aromatic heterocycles. The molecule has 0 aliphatic carbocycles. The molecule has 2 fully saturated rings. The largest absolute Gasteiger partial charge is 0.446 e. The van der Waals surface area contributed by atoms with Crippen LogP contribution < -0.4 is 0 Å². The highest BCUT2D eigenvalue weighted by Crippen LogP contribution is 2.41. The van der Waals surface area contributed by atoms with E-state index < -0.39 is 5.51 Å². The molecule has 0 saturated carbocycles. The van der Waals surface area contributed by atoms with E-state index in [9.17, 15) is 18.0 Å². The van der Waals surface area contributed by atoms with Gasteiger partial charge in [0.05, 0.1) is 0 Å². The van der Waals surface area contributed by atoms with Crippen LogP contribution in [0.2, 0.25) is 0 Å². The lowest BCUT2D eigenvalue weighted by Crippen LogP contribution is -2.61. The van der Waals surface area contributed by atoms with Crippen molar-refractivity contribution in [2.45, 2.75) is 36.7 Å². The summed E-state index contributed by atoms with van der Waals surface area (Å²) >= 11 is -0.0775. The van der Waals surface area contributed by atoms with Crippen LogP contribution in [-0.4, -0.2) is 47.4 Å². The molecule has 0 atom stereocenters. The molecule has 2 aliphatic rings. The number of hydrogen-bond donors (Lipinski definition) is 0. The number of nitrogens with zero attached hydrogens (tertiary/aromatic N) is 2. The van der Waals surface area contributed by atoms with E-state index in [4.69, 9.17) is 0 Å². The van der Waals surface area contributed by atoms with Gasteiger partial charge >= 0.3 is 5.51 Å². The standard InChI is InChI=1S/C17H21F3N2OS/c1-13(23)22-11-16(12-22)6-8-21(9-7-16)10-14-2-4-15(5-3-14)24-17(18,19)20/h2-5H,6-12H2,1H3. The Balaban J connectivity index is 1.47. The lowest BCUT2D eigenvalue weighted by atomic mass is 9.72. The Hall–Kier alpha value is -1.21. The topological polar surface area (TPSA) is 23.6 Å². The van der Waals surface area contributed by atoms with Crippen LogP contribution in [-0.2, 0) is 11.3 Å². The second-order valence-corrected chi connectivity index (χ2v) is 7.98. The smallest absolute Gasteiger partial charge is 0.342 e. The molecule has 0 unspecified atom stereocenters. The number of halogens is 3. The molecule has 2 saturated heterocycles. The molecule has 2 aliphatic heterocycles. The Morgan fingerprint density at radius 3 is 2.25 bits per heavy atom. The summed E-state index contributed by atoms with van der Waals surface area (Å²) in [5.41, 5.74) is -2.90. The van der Waals surface area contributed by atoms with Crippen molar-refractivity contribution in [1.29, 1.82) is 0 Å². The number of piperidine rings is 1. The van der Waals surface area contributed by atoms with Crippen LogP contribution in [0.3, 0.4) is 0 Å². The van der Waals surface area contributed by atoms with Crippen LogP contribution >= 0.6 is 11.8 Å². The third kappa shape index (κ3) is 4.25. The molecule has 3 nitrogen and oxygen atoms in total. The monoisotopic (exact) mass is 358 g/mol. The number of likely N-dealkylation sites (tertiary alicyclic amines) is 2. The van der Waals surface area contributed by atoms with Crippen molar-refractivity contribution >= 4 is 17.7 Å². The second kappa shape index (κ2) is 6.59. The molecule has 1 amide bonds. The molecule has 0 bridgehead atoms. The first-order valence-electron chi connectivity index (χ1n) is 8.07. The summed E-state index contributed by atoms with van der Waals surface area (Å²) in [4.78, 5) is 15.8. The van der Waals surface area contributed by atoms with Crippen molar-refractivity contribution in [3.05, 3.63) is 29.8 Å². The number of rotatable bonds is 3. The summed E-state index contributed by atoms with van der Waals surface area (Å²) in [6.45, 7) is 6.08. The molecule has 0 radical (unpaired) electrons. The molecule has 2 heterocycles. The van der Waals surface area contributed by atoms with E-state index in [0.29, 0.717) is 5.41 Å². The zero-order valence-corrected chi connectivity index (χ0v) is 14.4. The van der Waals surface area contributed by atoms with Gasteiger partial charge in [-0.25, -0.2) is 0 Å². The molecule has 1 aromatic rings. The first-order chi connectivity index (χ1) is 11.2. The molecule has 1 aromatic carbocycles. The van der Waals surface area contributed by atoms with Gasteiger partial charge in [0, 0.05) is 36.9 Å². The Morgan fingerprint density at radius 1 is 1.17 bits per heavy atom. The van der Waals surface area contributed by atoms with Crippen LogP contribution in [0.1, 0.15) is 25.3 Å². The van der Waals surface area contributed by atoms with Gasteiger partial charge in [0.15, 0.2) is 0 Å². The number of alkyl halides is 3. The van der Waals surface area contributed by atoms with E-state index in [-0.39, 0.29) is 22.6 Å². The van der Waals surface area contributed by atoms with Gasteiger partial charge in [-0.3, -0.25) is 9.69 Å². The predicted molar refractivity (Wildman–Crippen MR) is 87.6 cm³/mol. The van der Waals surface area contributed by atoms with E-state index >= 15 is 0 Å². The fourth-order valence-electron chi connectivity index (χ4n) is 3.54. The van der Waals surface area contributed by atoms with Crippen LogP contribution in [0.5, 0.6) is 0 Å². The average Bonchev–Trinajstić information content (AvgIpc) is 2.46. The molecule has 132 valence electrons. The third-order valence-corrected chi connectivity index (χ3v) is 5.72. The fraction of sp³-hybridized carbons (Fsp3) is 0.588. The molecule has 7 heteroatoms. The van der Waals surface area contributed by atoms with Gasteiger partial charge in [-0.2, -0.15) is 13.2 Å². The molecule has 1 spiro atoms. The van der Waals surface area contributed by atoms with E-state index in [0.717, 1.165) is 51.1 Å². The second-order valence-electron chi connectivity index (χ2n) is 6.84. The average molecular weight is 358 g/mol. The SMILES string of the molecule is CC(=O)N1CC2(CCN(Cc3ccc(SC(F)(F)F)cc3)CC2)C1. The van der Waals surface area contributed by atoms with Crippen molar-refractivity contribution in [2.24, 2.45) is 5.41 Å². The maximum absolute atomic E-state index is 12.3. The molecule has 24 heavy (non-hydrogen) atoms. The Bertz CT molecular complexity index is 587. The number of carbonyl (C=O) groups excluding carboxylic acids is 1. The number of carbonyl (C=O) groups is 1. The van der Waals surface area contributed by atoms with Gasteiger partial charge in [0.2, 0.25) is 5.91 Å². The number of thioether (sulfide) groups is 1. The number of amides is 1. The van der Waals surface area contributed by atoms with E-state index in [2.05, 4.69) is 4.90 Å². The summed E-state index contributed by atoms with van der Waals surface area (Å²) in [5.74, 6) is 0.153. The van der Waals surface area contributed by atoms with Gasteiger partial charge in [0.1, 0.15) is 0 Å². The van der Waals surface area contributed by atoms with Crippen molar-refractivity contribution in [3.8, 4) is 0 Å². The van der Waals surface area contributed by atoms with E-state index in [1.54, 1.807) is 19.1 Å². The Kier molecular flexibility index (Phi) is 4.84. The minimum Gasteiger partial charge on any atom is -0.342 e. The first kappa shape index (κ1) is 17.6. The van der Waals surface area contributed by atoms with Gasteiger partial charge in [-0.1, -0.05) is 12.1 Å². The van der Waals surface area contributed by atoms with E-state index in [1.807, 2.05) is 4.90 Å². The lowest BCUT2D eigenvalue weighted by molar-refractivity contribution is -0.144. The van der Waals surface area contributed by atoms with Gasteiger partial charge in [-0.15, -0.1) is 0 Å². The maximum Gasteiger partial charge on any atom is 0.446 e. The third-order valence-electron chi connectivity index (χ3n) is 4.98. The minimum absolute atomic E-state index is 0.0775. The summed E-state index contributed by atoms with van der Waals surface area (Å²) < 4.78 is 37.0. The fourth-order valence-corrected chi connectivity index (χ4v) is 4.08. The van der Waals surface area contributed by atoms with Crippen LogP contribution in [0.25, 0.3) is 0 Å². The van der Waals surface area contributed by atoms with Gasteiger partial charge < -0.3 is 4.90 Å². The minimum atomic E-state index is -4.24. The van der Waals surface area contributed by atoms with E-state index in [1.165, 1.54) is 12.1 Å². The van der Waals surface area contributed by atoms with Gasteiger partial charge in [-0.05, 0) is 55.4 Å². The van der Waals surface area contributed by atoms with Crippen LogP contribution in [0, 0.1) is 5.41 Å². The van der Waals surface area contributed by atoms with Crippen molar-refractivity contribution in [3.63, 3.8) is 0 Å². The maximum atomic E-state index is 12.3.